The Labute approximate surface area is 237 Å². The highest BCUT2D eigenvalue weighted by Crippen LogP contribution is 2.63. The van der Waals surface area contributed by atoms with Crippen LogP contribution in [0.5, 0.6) is 0 Å². The molecule has 5 aromatic rings. The van der Waals surface area contributed by atoms with Crippen LogP contribution in [0.1, 0.15) is 44.2 Å². The van der Waals surface area contributed by atoms with Gasteiger partial charge in [-0.05, 0) is 108 Å². The summed E-state index contributed by atoms with van der Waals surface area (Å²) in [5.74, 6) is 1.99. The number of thiophene rings is 1. The van der Waals surface area contributed by atoms with Crippen molar-refractivity contribution in [2.24, 2.45) is 17.8 Å². The van der Waals surface area contributed by atoms with Gasteiger partial charge in [-0.25, -0.2) is 0 Å². The highest BCUT2D eigenvalue weighted by atomic mass is 35.5. The van der Waals surface area contributed by atoms with Crippen LogP contribution >= 0.6 is 34.5 Å². The molecule has 1 saturated carbocycles. The van der Waals surface area contributed by atoms with Gasteiger partial charge >= 0.3 is 0 Å². The second kappa shape index (κ2) is 8.21. The van der Waals surface area contributed by atoms with E-state index in [2.05, 4.69) is 86.7 Å². The van der Waals surface area contributed by atoms with Gasteiger partial charge in [0.15, 0.2) is 0 Å². The summed E-state index contributed by atoms with van der Waals surface area (Å²) in [5, 5.41) is 4.16. The maximum absolute atomic E-state index is 7.03. The standard InChI is InChI=1S/C35H28Cl2S/c1-19-11-23-13-24(12-19)35(18-20(23)2)29-9-7-21(15-28(29)34-30(35)16-25(36)17-31(34)37)22-8-10-33-27(14-22)26-5-3-4-6-32(26)38-33/h3-10,14-19,23-24H,11-13H2,1-2H3. The van der Waals surface area contributed by atoms with Gasteiger partial charge in [-0.1, -0.05) is 78.2 Å². The molecule has 0 radical (unpaired) electrons. The Morgan fingerprint density at radius 3 is 2.47 bits per heavy atom. The molecule has 188 valence electrons. The molecule has 1 heterocycles. The van der Waals surface area contributed by atoms with Crippen LogP contribution < -0.4 is 0 Å². The first-order valence-electron chi connectivity index (χ1n) is 13.7. The minimum atomic E-state index is -0.152. The third-order valence-electron chi connectivity index (χ3n) is 9.63. The van der Waals surface area contributed by atoms with Crippen LogP contribution in [0.4, 0.5) is 0 Å². The van der Waals surface area contributed by atoms with Crippen LogP contribution in [-0.2, 0) is 5.41 Å². The van der Waals surface area contributed by atoms with Crippen LogP contribution in [0.2, 0.25) is 10.0 Å². The van der Waals surface area contributed by atoms with Crippen molar-refractivity contribution < 1.29 is 0 Å². The van der Waals surface area contributed by atoms with Crippen LogP contribution in [0.25, 0.3) is 42.4 Å². The van der Waals surface area contributed by atoms with Crippen molar-refractivity contribution in [1.29, 1.82) is 0 Å². The fraction of sp³-hybridized carbons (Fsp3) is 0.257. The predicted molar refractivity (Wildman–Crippen MR) is 165 cm³/mol. The second-order valence-corrected chi connectivity index (χ2v) is 13.8. The van der Waals surface area contributed by atoms with Crippen LogP contribution in [0.3, 0.4) is 0 Å². The zero-order chi connectivity index (χ0) is 25.8. The molecule has 38 heavy (non-hydrogen) atoms. The minimum absolute atomic E-state index is 0.152. The highest BCUT2D eigenvalue weighted by molar-refractivity contribution is 7.25. The van der Waals surface area contributed by atoms with E-state index in [1.165, 1.54) is 78.4 Å². The third-order valence-corrected chi connectivity index (χ3v) is 11.3. The van der Waals surface area contributed by atoms with Crippen molar-refractivity contribution in [1.82, 2.24) is 0 Å². The number of halogens is 2. The van der Waals surface area contributed by atoms with Crippen LogP contribution in [0.15, 0.2) is 84.4 Å². The quantitative estimate of drug-likeness (QED) is 0.182. The first-order chi connectivity index (χ1) is 18.4. The minimum Gasteiger partial charge on any atom is -0.135 e. The smallest absolute Gasteiger partial charge is 0.0502 e. The summed E-state index contributed by atoms with van der Waals surface area (Å²) in [5.41, 5.74) is 9.02. The molecule has 0 saturated heterocycles. The van der Waals surface area contributed by atoms with Crippen molar-refractivity contribution in [3.8, 4) is 22.3 Å². The Bertz CT molecular complexity index is 1830. The van der Waals surface area contributed by atoms with E-state index in [1.54, 1.807) is 0 Å². The van der Waals surface area contributed by atoms with Gasteiger partial charge in [0.25, 0.3) is 0 Å². The molecule has 1 spiro atoms. The number of hydrogen-bond donors (Lipinski definition) is 0. The lowest BCUT2D eigenvalue weighted by Gasteiger charge is -2.49. The Morgan fingerprint density at radius 1 is 0.789 bits per heavy atom. The van der Waals surface area contributed by atoms with E-state index < -0.39 is 0 Å². The normalized spacial score (nSPS) is 25.6. The maximum Gasteiger partial charge on any atom is 0.0502 e. The average Bonchev–Trinajstić information content (AvgIpc) is 3.40. The number of hydrogen-bond acceptors (Lipinski definition) is 1. The van der Waals surface area contributed by atoms with Gasteiger partial charge in [-0.15, -0.1) is 11.3 Å². The van der Waals surface area contributed by atoms with Crippen molar-refractivity contribution in [3.63, 3.8) is 0 Å². The van der Waals surface area contributed by atoms with Crippen LogP contribution in [0, 0.1) is 17.8 Å². The Hall–Kier alpha value is -2.58. The maximum atomic E-state index is 7.03. The monoisotopic (exact) mass is 550 g/mol. The molecule has 8 rings (SSSR count). The van der Waals surface area contributed by atoms with E-state index in [0.717, 1.165) is 16.0 Å². The Morgan fingerprint density at radius 2 is 1.58 bits per heavy atom. The molecule has 4 atom stereocenters. The van der Waals surface area contributed by atoms with Gasteiger partial charge in [-0.2, -0.15) is 0 Å². The van der Waals surface area contributed by atoms with Gasteiger partial charge in [-0.3, -0.25) is 0 Å². The largest absolute Gasteiger partial charge is 0.135 e. The summed E-state index contributed by atoms with van der Waals surface area (Å²) in [4.78, 5) is 0. The lowest BCUT2D eigenvalue weighted by atomic mass is 9.55. The average molecular weight is 552 g/mol. The number of fused-ring (bicyclic) bond motifs is 11. The zero-order valence-corrected chi connectivity index (χ0v) is 23.9. The van der Waals surface area contributed by atoms with Gasteiger partial charge in [0, 0.05) is 36.2 Å². The molecule has 0 amide bonds. The summed E-state index contributed by atoms with van der Waals surface area (Å²) in [6.07, 6.45) is 6.40. The number of rotatable bonds is 1. The lowest BCUT2D eigenvalue weighted by molar-refractivity contribution is 0.168. The SMILES string of the molecule is CC1=CC2(c3ccc(-c4ccc5sc6ccccc6c5c4)cc3-c3c(Cl)cc(Cl)cc32)C2CC(C)CC1C2. The molecule has 4 unspecified atom stereocenters. The lowest BCUT2D eigenvalue weighted by Crippen LogP contribution is -2.42. The summed E-state index contributed by atoms with van der Waals surface area (Å²) >= 11 is 15.6. The van der Waals surface area contributed by atoms with E-state index >= 15 is 0 Å². The molecule has 3 aliphatic rings. The van der Waals surface area contributed by atoms with Crippen LogP contribution in [-0.4, -0.2) is 0 Å². The van der Waals surface area contributed by atoms with Gasteiger partial charge in [0.2, 0.25) is 0 Å². The van der Waals surface area contributed by atoms with Crippen molar-refractivity contribution >= 4 is 54.7 Å². The Balaban J connectivity index is 1.37. The number of benzene rings is 4. The topological polar surface area (TPSA) is 0 Å². The van der Waals surface area contributed by atoms with Gasteiger partial charge < -0.3 is 0 Å². The third kappa shape index (κ3) is 3.16. The van der Waals surface area contributed by atoms with Crippen molar-refractivity contribution in [2.45, 2.75) is 38.5 Å². The molecular formula is C35H28Cl2S. The van der Waals surface area contributed by atoms with Crippen molar-refractivity contribution in [3.05, 3.63) is 106 Å². The molecule has 3 heteroatoms. The van der Waals surface area contributed by atoms with E-state index in [-0.39, 0.29) is 5.41 Å². The summed E-state index contributed by atoms with van der Waals surface area (Å²) in [7, 11) is 0. The fourth-order valence-electron chi connectivity index (χ4n) is 8.05. The van der Waals surface area contributed by atoms with E-state index in [4.69, 9.17) is 23.2 Å². The molecule has 4 aromatic carbocycles. The second-order valence-electron chi connectivity index (χ2n) is 11.8. The molecule has 0 nitrogen and oxygen atoms in total. The van der Waals surface area contributed by atoms with E-state index in [0.29, 0.717) is 11.8 Å². The number of allylic oxidation sites excluding steroid dienone is 2. The molecular weight excluding hydrogens is 523 g/mol. The Kier molecular flexibility index (Phi) is 5.04. The van der Waals surface area contributed by atoms with Gasteiger partial charge in [0.1, 0.15) is 0 Å². The molecule has 1 fully saturated rings. The summed E-state index contributed by atoms with van der Waals surface area (Å²) < 4.78 is 2.68. The fourth-order valence-corrected chi connectivity index (χ4v) is 9.73. The molecule has 2 bridgehead atoms. The first-order valence-corrected chi connectivity index (χ1v) is 15.2. The molecule has 1 aromatic heterocycles. The molecule has 3 aliphatic carbocycles. The van der Waals surface area contributed by atoms with E-state index in [9.17, 15) is 0 Å². The van der Waals surface area contributed by atoms with Crippen molar-refractivity contribution in [2.75, 3.05) is 0 Å². The summed E-state index contributed by atoms with van der Waals surface area (Å²) in [6.45, 7) is 4.78. The summed E-state index contributed by atoms with van der Waals surface area (Å²) in [6, 6.07) is 26.9. The molecule has 0 N–H and O–H groups in total. The van der Waals surface area contributed by atoms with E-state index in [1.807, 2.05) is 17.4 Å². The highest BCUT2D eigenvalue weighted by Gasteiger charge is 2.52. The van der Waals surface area contributed by atoms with Gasteiger partial charge in [0.05, 0.1) is 5.02 Å². The molecule has 0 aliphatic heterocycles. The zero-order valence-electron chi connectivity index (χ0n) is 21.5. The predicted octanol–water partition coefficient (Wildman–Crippen LogP) is 11.3. The first kappa shape index (κ1) is 23.3.